The molecule has 21 heavy (non-hydrogen) atoms. The molecular formula is C17H27NO2S. The van der Waals surface area contributed by atoms with E-state index in [4.69, 9.17) is 9.47 Å². The highest BCUT2D eigenvalue weighted by Crippen LogP contribution is 2.38. The Morgan fingerprint density at radius 2 is 1.90 bits per heavy atom. The zero-order valence-electron chi connectivity index (χ0n) is 13.4. The average molecular weight is 309 g/mol. The molecule has 0 aromatic heterocycles. The summed E-state index contributed by atoms with van der Waals surface area (Å²) in [5.74, 6) is 1.64. The van der Waals surface area contributed by atoms with Crippen LogP contribution in [0.15, 0.2) is 18.2 Å². The van der Waals surface area contributed by atoms with Crippen LogP contribution in [0.25, 0.3) is 0 Å². The van der Waals surface area contributed by atoms with Crippen LogP contribution in [0, 0.1) is 0 Å². The van der Waals surface area contributed by atoms with Crippen molar-refractivity contribution in [2.24, 2.45) is 0 Å². The molecule has 1 N–H and O–H groups in total. The van der Waals surface area contributed by atoms with Gasteiger partial charge >= 0.3 is 0 Å². The van der Waals surface area contributed by atoms with E-state index >= 15 is 0 Å². The summed E-state index contributed by atoms with van der Waals surface area (Å²) >= 11 is 2.03. The molecule has 0 atom stereocenters. The van der Waals surface area contributed by atoms with Gasteiger partial charge in [0.2, 0.25) is 0 Å². The quantitative estimate of drug-likeness (QED) is 0.828. The maximum atomic E-state index is 5.49. The normalized spacial score (nSPS) is 17.5. The molecule has 3 nitrogen and oxygen atoms in total. The molecule has 0 heterocycles. The van der Waals surface area contributed by atoms with Crippen LogP contribution < -0.4 is 14.8 Å². The van der Waals surface area contributed by atoms with E-state index in [1.54, 1.807) is 14.2 Å². The van der Waals surface area contributed by atoms with E-state index in [1.165, 1.54) is 32.1 Å². The molecule has 0 saturated heterocycles. The maximum absolute atomic E-state index is 5.49. The first kappa shape index (κ1) is 16.5. The SMILES string of the molecule is COc1cccc(CNCC2(SC)CCCCC2)c1OC. The van der Waals surface area contributed by atoms with Gasteiger partial charge in [0.1, 0.15) is 0 Å². The second kappa shape index (κ2) is 7.95. The second-order valence-electron chi connectivity index (χ2n) is 5.70. The molecule has 2 rings (SSSR count). The van der Waals surface area contributed by atoms with Crippen molar-refractivity contribution in [1.82, 2.24) is 5.32 Å². The zero-order chi connectivity index (χ0) is 15.1. The Morgan fingerprint density at radius 1 is 1.14 bits per heavy atom. The van der Waals surface area contributed by atoms with Gasteiger partial charge in [0.05, 0.1) is 14.2 Å². The first-order valence-electron chi connectivity index (χ1n) is 7.70. The summed E-state index contributed by atoms with van der Waals surface area (Å²) < 4.78 is 11.3. The Bertz CT molecular complexity index is 444. The lowest BCUT2D eigenvalue weighted by Crippen LogP contribution is -2.39. The fraction of sp³-hybridized carbons (Fsp3) is 0.647. The summed E-state index contributed by atoms with van der Waals surface area (Å²) in [6, 6.07) is 6.05. The van der Waals surface area contributed by atoms with E-state index < -0.39 is 0 Å². The molecule has 118 valence electrons. The van der Waals surface area contributed by atoms with E-state index in [9.17, 15) is 0 Å². The highest BCUT2D eigenvalue weighted by atomic mass is 32.2. The fourth-order valence-electron chi connectivity index (χ4n) is 3.17. The first-order valence-corrected chi connectivity index (χ1v) is 8.93. The van der Waals surface area contributed by atoms with Crippen LogP contribution in [0.5, 0.6) is 11.5 Å². The number of hydrogen-bond acceptors (Lipinski definition) is 4. The van der Waals surface area contributed by atoms with E-state index in [0.29, 0.717) is 4.75 Å². The Hall–Kier alpha value is -0.870. The number of para-hydroxylation sites is 1. The van der Waals surface area contributed by atoms with Crippen molar-refractivity contribution in [3.8, 4) is 11.5 Å². The smallest absolute Gasteiger partial charge is 0.165 e. The summed E-state index contributed by atoms with van der Waals surface area (Å²) in [7, 11) is 3.38. The van der Waals surface area contributed by atoms with Crippen LogP contribution in [0.3, 0.4) is 0 Å². The minimum atomic E-state index is 0.421. The molecule has 1 aromatic carbocycles. The van der Waals surface area contributed by atoms with Crippen molar-refractivity contribution >= 4 is 11.8 Å². The molecular weight excluding hydrogens is 282 g/mol. The lowest BCUT2D eigenvalue weighted by molar-refractivity contribution is 0.348. The van der Waals surface area contributed by atoms with Gasteiger partial charge in [0.15, 0.2) is 11.5 Å². The van der Waals surface area contributed by atoms with Crippen molar-refractivity contribution in [2.75, 3.05) is 27.0 Å². The minimum Gasteiger partial charge on any atom is -0.493 e. The Balaban J connectivity index is 1.96. The molecule has 0 spiro atoms. The van der Waals surface area contributed by atoms with Crippen LogP contribution >= 0.6 is 11.8 Å². The number of methoxy groups -OCH3 is 2. The van der Waals surface area contributed by atoms with Crippen molar-refractivity contribution in [3.05, 3.63) is 23.8 Å². The van der Waals surface area contributed by atoms with Gasteiger partial charge in [-0.05, 0) is 25.2 Å². The van der Waals surface area contributed by atoms with Gasteiger partial charge in [-0.2, -0.15) is 11.8 Å². The molecule has 0 unspecified atom stereocenters. The standard InChI is InChI=1S/C17H27NO2S/c1-19-15-9-7-8-14(16(15)20-2)12-18-13-17(21-3)10-5-4-6-11-17/h7-9,18H,4-6,10-13H2,1-3H3. The lowest BCUT2D eigenvalue weighted by Gasteiger charge is -2.36. The van der Waals surface area contributed by atoms with Crippen LogP contribution in [-0.2, 0) is 6.54 Å². The van der Waals surface area contributed by atoms with Crippen LogP contribution in [0.1, 0.15) is 37.7 Å². The Morgan fingerprint density at radius 3 is 2.52 bits per heavy atom. The molecule has 1 aliphatic carbocycles. The predicted octanol–water partition coefficient (Wildman–Crippen LogP) is 3.86. The third kappa shape index (κ3) is 4.07. The third-order valence-electron chi connectivity index (χ3n) is 4.44. The molecule has 1 saturated carbocycles. The summed E-state index contributed by atoms with van der Waals surface area (Å²) in [5, 5.41) is 3.63. The molecule has 0 bridgehead atoms. The zero-order valence-corrected chi connectivity index (χ0v) is 14.2. The molecule has 0 aliphatic heterocycles. The minimum absolute atomic E-state index is 0.421. The number of hydrogen-bond donors (Lipinski definition) is 1. The number of benzene rings is 1. The van der Waals surface area contributed by atoms with Gasteiger partial charge in [0.25, 0.3) is 0 Å². The van der Waals surface area contributed by atoms with Gasteiger partial charge in [-0.1, -0.05) is 31.4 Å². The monoisotopic (exact) mass is 309 g/mol. The summed E-state index contributed by atoms with van der Waals surface area (Å²) in [6.45, 7) is 1.89. The van der Waals surface area contributed by atoms with Gasteiger partial charge in [-0.15, -0.1) is 0 Å². The number of rotatable bonds is 7. The lowest BCUT2D eigenvalue weighted by atomic mass is 9.88. The van der Waals surface area contributed by atoms with Gasteiger partial charge in [-0.3, -0.25) is 0 Å². The number of nitrogens with one attached hydrogen (secondary N) is 1. The highest BCUT2D eigenvalue weighted by Gasteiger charge is 2.30. The molecule has 1 fully saturated rings. The van der Waals surface area contributed by atoms with E-state index in [1.807, 2.05) is 23.9 Å². The number of ether oxygens (including phenoxy) is 2. The second-order valence-corrected chi connectivity index (χ2v) is 6.98. The van der Waals surface area contributed by atoms with Crippen LogP contribution in [0.4, 0.5) is 0 Å². The average Bonchev–Trinajstić information content (AvgIpc) is 2.55. The molecule has 1 aromatic rings. The maximum Gasteiger partial charge on any atom is 0.165 e. The van der Waals surface area contributed by atoms with E-state index in [2.05, 4.69) is 17.6 Å². The summed E-state index contributed by atoms with van der Waals surface area (Å²) in [4.78, 5) is 0. The van der Waals surface area contributed by atoms with Crippen molar-refractivity contribution in [3.63, 3.8) is 0 Å². The van der Waals surface area contributed by atoms with Crippen molar-refractivity contribution < 1.29 is 9.47 Å². The highest BCUT2D eigenvalue weighted by molar-refractivity contribution is 8.00. The van der Waals surface area contributed by atoms with Crippen molar-refractivity contribution in [1.29, 1.82) is 0 Å². The Kier molecular flexibility index (Phi) is 6.24. The summed E-state index contributed by atoms with van der Waals surface area (Å²) in [6.07, 6.45) is 9.04. The molecule has 1 aliphatic rings. The van der Waals surface area contributed by atoms with E-state index in [0.717, 1.165) is 30.2 Å². The first-order chi connectivity index (χ1) is 10.2. The predicted molar refractivity (Wildman–Crippen MR) is 90.6 cm³/mol. The summed E-state index contributed by atoms with van der Waals surface area (Å²) in [5.41, 5.74) is 1.16. The fourth-order valence-corrected chi connectivity index (χ4v) is 4.11. The van der Waals surface area contributed by atoms with Crippen LogP contribution in [-0.4, -0.2) is 31.8 Å². The van der Waals surface area contributed by atoms with Crippen LogP contribution in [0.2, 0.25) is 0 Å². The Labute approximate surface area is 132 Å². The topological polar surface area (TPSA) is 30.5 Å². The van der Waals surface area contributed by atoms with Gasteiger partial charge in [0, 0.05) is 23.4 Å². The molecule has 4 heteroatoms. The number of thioether (sulfide) groups is 1. The van der Waals surface area contributed by atoms with Gasteiger partial charge in [-0.25, -0.2) is 0 Å². The van der Waals surface area contributed by atoms with Gasteiger partial charge < -0.3 is 14.8 Å². The van der Waals surface area contributed by atoms with Crippen molar-refractivity contribution in [2.45, 2.75) is 43.4 Å². The van der Waals surface area contributed by atoms with E-state index in [-0.39, 0.29) is 0 Å². The third-order valence-corrected chi connectivity index (χ3v) is 5.86. The molecule has 0 radical (unpaired) electrons. The largest absolute Gasteiger partial charge is 0.493 e. The molecule has 0 amide bonds.